The van der Waals surface area contributed by atoms with Crippen LogP contribution in [0.5, 0.6) is 0 Å². The van der Waals surface area contributed by atoms with Crippen LogP contribution in [0.4, 0.5) is 11.5 Å². The van der Waals surface area contributed by atoms with Crippen molar-refractivity contribution in [3.63, 3.8) is 0 Å². The van der Waals surface area contributed by atoms with Gasteiger partial charge in [0.05, 0.1) is 5.69 Å². The SMILES string of the molecule is CNc1nc(=O)n(C)cc1N. The van der Waals surface area contributed by atoms with E-state index in [0.717, 1.165) is 0 Å². The van der Waals surface area contributed by atoms with Crippen molar-refractivity contribution in [2.24, 2.45) is 7.05 Å². The first-order valence-electron chi connectivity index (χ1n) is 3.16. The van der Waals surface area contributed by atoms with Gasteiger partial charge in [0.15, 0.2) is 5.82 Å². The second kappa shape index (κ2) is 2.61. The number of hydrogen-bond donors (Lipinski definition) is 2. The molecule has 0 aromatic carbocycles. The molecule has 11 heavy (non-hydrogen) atoms. The van der Waals surface area contributed by atoms with E-state index in [0.29, 0.717) is 11.5 Å². The van der Waals surface area contributed by atoms with Crippen molar-refractivity contribution < 1.29 is 0 Å². The molecule has 5 nitrogen and oxygen atoms in total. The number of anilines is 2. The lowest BCUT2D eigenvalue weighted by molar-refractivity contribution is 0.815. The molecule has 1 aromatic heterocycles. The minimum atomic E-state index is -0.316. The summed E-state index contributed by atoms with van der Waals surface area (Å²) in [7, 11) is 3.27. The predicted octanol–water partition coefficient (Wildman–Crippen LogP) is -0.596. The van der Waals surface area contributed by atoms with Gasteiger partial charge in [0.1, 0.15) is 0 Å². The van der Waals surface area contributed by atoms with Gasteiger partial charge in [0, 0.05) is 20.3 Å². The molecule has 0 aliphatic heterocycles. The standard InChI is InChI=1S/C6H10N4O/c1-8-5-4(7)3-10(2)6(11)9-5/h3H,7H2,1-2H3,(H,8,9,11). The van der Waals surface area contributed by atoms with Gasteiger partial charge in [0.2, 0.25) is 0 Å². The largest absolute Gasteiger partial charge is 0.395 e. The molecule has 0 atom stereocenters. The molecule has 0 bridgehead atoms. The highest BCUT2D eigenvalue weighted by atomic mass is 16.1. The molecule has 0 unspecified atom stereocenters. The van der Waals surface area contributed by atoms with Crippen molar-refractivity contribution in [1.29, 1.82) is 0 Å². The third-order valence-electron chi connectivity index (χ3n) is 1.35. The molecule has 0 saturated carbocycles. The number of hydrogen-bond acceptors (Lipinski definition) is 4. The third kappa shape index (κ3) is 1.31. The average molecular weight is 154 g/mol. The van der Waals surface area contributed by atoms with Crippen LogP contribution in [0.3, 0.4) is 0 Å². The highest BCUT2D eigenvalue weighted by Crippen LogP contribution is 2.08. The maximum absolute atomic E-state index is 10.9. The van der Waals surface area contributed by atoms with Crippen LogP contribution in [-0.2, 0) is 7.05 Å². The molecule has 0 amide bonds. The minimum Gasteiger partial charge on any atom is -0.395 e. The van der Waals surface area contributed by atoms with Crippen molar-refractivity contribution >= 4 is 11.5 Å². The molecule has 3 N–H and O–H groups in total. The van der Waals surface area contributed by atoms with E-state index >= 15 is 0 Å². The van der Waals surface area contributed by atoms with Crippen LogP contribution in [0.2, 0.25) is 0 Å². The van der Waals surface area contributed by atoms with Crippen LogP contribution >= 0.6 is 0 Å². The Morgan fingerprint density at radius 3 is 2.91 bits per heavy atom. The molecular weight excluding hydrogens is 144 g/mol. The highest BCUT2D eigenvalue weighted by Gasteiger charge is 1.99. The summed E-state index contributed by atoms with van der Waals surface area (Å²) in [5.74, 6) is 0.424. The number of nitrogens with zero attached hydrogens (tertiary/aromatic N) is 2. The van der Waals surface area contributed by atoms with Gasteiger partial charge in [-0.15, -0.1) is 0 Å². The molecule has 0 aliphatic carbocycles. The number of rotatable bonds is 1. The zero-order valence-corrected chi connectivity index (χ0v) is 6.46. The van der Waals surface area contributed by atoms with Crippen LogP contribution in [0.1, 0.15) is 0 Å². The van der Waals surface area contributed by atoms with Crippen LogP contribution in [0, 0.1) is 0 Å². The summed E-state index contributed by atoms with van der Waals surface area (Å²) in [4.78, 5) is 14.6. The fourth-order valence-electron chi connectivity index (χ4n) is 0.764. The molecule has 1 aromatic rings. The molecule has 5 heteroatoms. The first-order chi connectivity index (χ1) is 5.15. The second-order valence-electron chi connectivity index (χ2n) is 2.19. The lowest BCUT2D eigenvalue weighted by Crippen LogP contribution is -2.21. The van der Waals surface area contributed by atoms with Crippen molar-refractivity contribution in [3.05, 3.63) is 16.7 Å². The zero-order chi connectivity index (χ0) is 8.43. The van der Waals surface area contributed by atoms with Crippen molar-refractivity contribution in [2.45, 2.75) is 0 Å². The Bertz CT molecular complexity index is 317. The van der Waals surface area contributed by atoms with Crippen LogP contribution < -0.4 is 16.7 Å². The van der Waals surface area contributed by atoms with Crippen LogP contribution in [0.25, 0.3) is 0 Å². The van der Waals surface area contributed by atoms with E-state index in [4.69, 9.17) is 5.73 Å². The third-order valence-corrected chi connectivity index (χ3v) is 1.35. The number of aromatic nitrogens is 2. The van der Waals surface area contributed by atoms with E-state index in [9.17, 15) is 4.79 Å². The Morgan fingerprint density at radius 2 is 2.36 bits per heavy atom. The number of nitrogens with two attached hydrogens (primary N) is 1. The molecule has 0 fully saturated rings. The number of nitrogens with one attached hydrogen (secondary N) is 1. The van der Waals surface area contributed by atoms with Gasteiger partial charge >= 0.3 is 5.69 Å². The van der Waals surface area contributed by atoms with Gasteiger partial charge in [-0.3, -0.25) is 0 Å². The highest BCUT2D eigenvalue weighted by molar-refractivity contribution is 5.58. The molecule has 1 rings (SSSR count). The second-order valence-corrected chi connectivity index (χ2v) is 2.19. The lowest BCUT2D eigenvalue weighted by Gasteiger charge is -2.03. The van der Waals surface area contributed by atoms with Gasteiger partial charge in [-0.1, -0.05) is 0 Å². The van der Waals surface area contributed by atoms with Crippen LogP contribution in [0.15, 0.2) is 11.0 Å². The van der Waals surface area contributed by atoms with E-state index in [-0.39, 0.29) is 5.69 Å². The van der Waals surface area contributed by atoms with Gasteiger partial charge in [-0.05, 0) is 0 Å². The predicted molar refractivity (Wildman–Crippen MR) is 43.4 cm³/mol. The van der Waals surface area contributed by atoms with E-state index in [1.165, 1.54) is 10.8 Å². The number of aryl methyl sites for hydroxylation is 1. The molecular formula is C6H10N4O. The van der Waals surface area contributed by atoms with Gasteiger partial charge in [0.25, 0.3) is 0 Å². The molecule has 0 spiro atoms. The lowest BCUT2D eigenvalue weighted by atomic mass is 10.5. The van der Waals surface area contributed by atoms with Crippen molar-refractivity contribution in [1.82, 2.24) is 9.55 Å². The smallest absolute Gasteiger partial charge is 0.349 e. The Balaban J connectivity index is 3.32. The molecule has 0 aliphatic rings. The maximum Gasteiger partial charge on any atom is 0.349 e. The first-order valence-corrected chi connectivity index (χ1v) is 3.16. The summed E-state index contributed by atoms with van der Waals surface area (Å²) in [6.07, 6.45) is 1.53. The summed E-state index contributed by atoms with van der Waals surface area (Å²) in [5, 5.41) is 2.71. The van der Waals surface area contributed by atoms with Crippen molar-refractivity contribution in [3.8, 4) is 0 Å². The average Bonchev–Trinajstić information content (AvgIpc) is 1.97. The van der Waals surface area contributed by atoms with Crippen LogP contribution in [-0.4, -0.2) is 16.6 Å². The summed E-state index contributed by atoms with van der Waals surface area (Å²) < 4.78 is 1.33. The topological polar surface area (TPSA) is 72.9 Å². The monoisotopic (exact) mass is 154 g/mol. The molecule has 0 radical (unpaired) electrons. The van der Waals surface area contributed by atoms with E-state index in [1.54, 1.807) is 14.1 Å². The normalized spacial score (nSPS) is 9.64. The zero-order valence-electron chi connectivity index (χ0n) is 6.46. The van der Waals surface area contributed by atoms with Gasteiger partial charge < -0.3 is 15.6 Å². The van der Waals surface area contributed by atoms with E-state index in [2.05, 4.69) is 10.3 Å². The Morgan fingerprint density at radius 1 is 1.73 bits per heavy atom. The quantitative estimate of drug-likeness (QED) is 0.566. The van der Waals surface area contributed by atoms with E-state index in [1.807, 2.05) is 0 Å². The summed E-state index contributed by atoms with van der Waals surface area (Å²) in [6.45, 7) is 0. The molecule has 0 saturated heterocycles. The summed E-state index contributed by atoms with van der Waals surface area (Å²) in [5.41, 5.74) is 5.67. The fourth-order valence-corrected chi connectivity index (χ4v) is 0.764. The molecule has 1 heterocycles. The Kier molecular flexibility index (Phi) is 1.80. The Labute approximate surface area is 63.9 Å². The minimum absolute atomic E-state index is 0.316. The first kappa shape index (κ1) is 7.59. The Hall–Kier alpha value is -1.52. The fraction of sp³-hybridized carbons (Fsp3) is 0.333. The molecule has 60 valence electrons. The van der Waals surface area contributed by atoms with Crippen molar-refractivity contribution in [2.75, 3.05) is 18.1 Å². The number of nitrogen functional groups attached to an aromatic ring is 1. The maximum atomic E-state index is 10.9. The van der Waals surface area contributed by atoms with Gasteiger partial charge in [-0.2, -0.15) is 4.98 Å². The summed E-state index contributed by atoms with van der Waals surface area (Å²) >= 11 is 0. The van der Waals surface area contributed by atoms with Gasteiger partial charge in [-0.25, -0.2) is 4.79 Å². The summed E-state index contributed by atoms with van der Waals surface area (Å²) in [6, 6.07) is 0. The van der Waals surface area contributed by atoms with E-state index < -0.39 is 0 Å².